The second kappa shape index (κ2) is 6.35. The van der Waals surface area contributed by atoms with Crippen LogP contribution in [0.3, 0.4) is 0 Å². The van der Waals surface area contributed by atoms with E-state index in [1.807, 2.05) is 13.8 Å². The fourth-order valence-electron chi connectivity index (χ4n) is 0.909. The first kappa shape index (κ1) is 10.6. The van der Waals surface area contributed by atoms with Crippen molar-refractivity contribution in [1.82, 2.24) is 0 Å². The van der Waals surface area contributed by atoms with Crippen molar-refractivity contribution in [2.45, 2.75) is 39.5 Å². The van der Waals surface area contributed by atoms with Gasteiger partial charge in [0.05, 0.1) is 0 Å². The van der Waals surface area contributed by atoms with Crippen LogP contribution in [0.2, 0.25) is 0 Å². The van der Waals surface area contributed by atoms with Gasteiger partial charge in [-0.2, -0.15) is 0 Å². The van der Waals surface area contributed by atoms with Crippen LogP contribution in [0, 0.1) is 5.92 Å². The lowest BCUT2D eigenvalue weighted by Gasteiger charge is -2.02. The van der Waals surface area contributed by atoms with Gasteiger partial charge < -0.3 is 5.73 Å². The van der Waals surface area contributed by atoms with E-state index in [9.17, 15) is 4.79 Å². The van der Waals surface area contributed by atoms with Crippen LogP contribution >= 0.6 is 0 Å². The molecule has 0 rings (SSSR count). The zero-order chi connectivity index (χ0) is 8.69. The molecule has 0 atom stereocenters. The summed E-state index contributed by atoms with van der Waals surface area (Å²) < 4.78 is 0. The van der Waals surface area contributed by atoms with E-state index in [0.29, 0.717) is 5.78 Å². The third-order valence-corrected chi connectivity index (χ3v) is 1.77. The molecule has 68 valence electrons. The molecule has 0 aliphatic carbocycles. The first-order valence-electron chi connectivity index (χ1n) is 4.41. The van der Waals surface area contributed by atoms with Crippen molar-refractivity contribution in [2.24, 2.45) is 11.7 Å². The Hall–Kier alpha value is -0.370. The Morgan fingerprint density at radius 1 is 1.36 bits per heavy atom. The maximum atomic E-state index is 11.1. The number of nitrogens with two attached hydrogens (primary N) is 1. The molecule has 0 aliphatic heterocycles. The van der Waals surface area contributed by atoms with E-state index in [1.54, 1.807) is 0 Å². The molecule has 0 heterocycles. The molecular weight excluding hydrogens is 138 g/mol. The fourth-order valence-corrected chi connectivity index (χ4v) is 0.909. The number of Topliss-reactive ketones (excluding diaryl/α,β-unsaturated/α-hetero) is 1. The predicted octanol–water partition coefficient (Wildman–Crippen LogP) is 1.98. The van der Waals surface area contributed by atoms with Crippen molar-refractivity contribution in [2.75, 3.05) is 6.54 Å². The summed E-state index contributed by atoms with van der Waals surface area (Å²) >= 11 is 0. The Morgan fingerprint density at radius 2 is 2.00 bits per heavy atom. The molecular formula is C9H21NO. The fraction of sp³-hybridized carbons (Fsp3) is 0.889. The standard InChI is InChI=1S/C9H19NO.H2/c1-8(2)9(11)6-4-3-5-7-10;/h8H,3-7,10H2,1-2H3;1H. The van der Waals surface area contributed by atoms with Gasteiger partial charge >= 0.3 is 0 Å². The number of carbonyl (C=O) groups excluding carboxylic acids is 1. The molecule has 0 fully saturated rings. The number of hydrogen-bond donors (Lipinski definition) is 1. The number of unbranched alkanes of at least 4 members (excludes halogenated alkanes) is 2. The van der Waals surface area contributed by atoms with Crippen molar-refractivity contribution < 1.29 is 6.22 Å². The minimum atomic E-state index is 0. The quantitative estimate of drug-likeness (QED) is 0.602. The van der Waals surface area contributed by atoms with Crippen molar-refractivity contribution in [3.05, 3.63) is 0 Å². The highest BCUT2D eigenvalue weighted by molar-refractivity contribution is 5.80. The van der Waals surface area contributed by atoms with Crippen LogP contribution in [0.5, 0.6) is 0 Å². The van der Waals surface area contributed by atoms with Crippen LogP contribution in [-0.4, -0.2) is 12.3 Å². The lowest BCUT2D eigenvalue weighted by molar-refractivity contribution is -0.122. The summed E-state index contributed by atoms with van der Waals surface area (Å²) in [5.41, 5.74) is 5.32. The van der Waals surface area contributed by atoms with E-state index >= 15 is 0 Å². The zero-order valence-electron chi connectivity index (χ0n) is 7.60. The van der Waals surface area contributed by atoms with Gasteiger partial charge in [0, 0.05) is 13.8 Å². The molecule has 0 radical (unpaired) electrons. The normalized spacial score (nSPS) is 10.5. The molecule has 0 aromatic carbocycles. The average Bonchev–Trinajstić information content (AvgIpc) is 1.97. The van der Waals surface area contributed by atoms with E-state index in [4.69, 9.17) is 5.73 Å². The van der Waals surface area contributed by atoms with Gasteiger partial charge in [-0.25, -0.2) is 0 Å². The van der Waals surface area contributed by atoms with E-state index in [2.05, 4.69) is 0 Å². The summed E-state index contributed by atoms with van der Waals surface area (Å²) in [5, 5.41) is 0. The summed E-state index contributed by atoms with van der Waals surface area (Å²) in [6, 6.07) is 0. The average molecular weight is 159 g/mol. The Kier molecular flexibility index (Phi) is 6.13. The Bertz CT molecular complexity index is 115. The first-order valence-corrected chi connectivity index (χ1v) is 4.41. The SMILES string of the molecule is CC(C)C(=O)CCCCCN.[HH]. The first-order chi connectivity index (χ1) is 5.18. The topological polar surface area (TPSA) is 43.1 Å². The van der Waals surface area contributed by atoms with Crippen molar-refractivity contribution >= 4 is 5.78 Å². The minimum absolute atomic E-state index is 0. The Labute approximate surface area is 70.6 Å². The monoisotopic (exact) mass is 159 g/mol. The maximum Gasteiger partial charge on any atom is 0.135 e. The largest absolute Gasteiger partial charge is 0.330 e. The molecule has 0 amide bonds. The molecule has 0 bridgehead atoms. The van der Waals surface area contributed by atoms with Gasteiger partial charge in [0.1, 0.15) is 5.78 Å². The highest BCUT2D eigenvalue weighted by Crippen LogP contribution is 2.05. The predicted molar refractivity (Wildman–Crippen MR) is 49.5 cm³/mol. The third-order valence-electron chi connectivity index (χ3n) is 1.77. The van der Waals surface area contributed by atoms with Crippen LogP contribution in [0.15, 0.2) is 0 Å². The highest BCUT2D eigenvalue weighted by Gasteiger charge is 2.05. The van der Waals surface area contributed by atoms with Crippen LogP contribution in [0.1, 0.15) is 41.0 Å². The number of hydrogen-bond acceptors (Lipinski definition) is 2. The molecule has 2 N–H and O–H groups in total. The van der Waals surface area contributed by atoms with Crippen molar-refractivity contribution in [1.29, 1.82) is 0 Å². The van der Waals surface area contributed by atoms with Gasteiger partial charge in [-0.15, -0.1) is 0 Å². The number of rotatable bonds is 6. The van der Waals surface area contributed by atoms with E-state index in [0.717, 1.165) is 32.2 Å². The molecule has 0 spiro atoms. The molecule has 2 heteroatoms. The number of carbonyl (C=O) groups is 1. The smallest absolute Gasteiger partial charge is 0.135 e. The second-order valence-corrected chi connectivity index (χ2v) is 3.22. The molecule has 0 aliphatic rings. The molecule has 11 heavy (non-hydrogen) atoms. The molecule has 0 unspecified atom stereocenters. The maximum absolute atomic E-state index is 11.1. The third kappa shape index (κ3) is 6.05. The van der Waals surface area contributed by atoms with Crippen molar-refractivity contribution in [3.8, 4) is 0 Å². The Morgan fingerprint density at radius 3 is 2.45 bits per heavy atom. The van der Waals surface area contributed by atoms with Gasteiger partial charge in [0.15, 0.2) is 0 Å². The van der Waals surface area contributed by atoms with E-state index < -0.39 is 0 Å². The van der Waals surface area contributed by atoms with Gasteiger partial charge in [0.25, 0.3) is 0 Å². The van der Waals surface area contributed by atoms with Crippen LogP contribution < -0.4 is 5.73 Å². The summed E-state index contributed by atoms with van der Waals surface area (Å²) in [4.78, 5) is 11.1. The van der Waals surface area contributed by atoms with Gasteiger partial charge in [-0.3, -0.25) is 4.79 Å². The molecule has 2 nitrogen and oxygen atoms in total. The second-order valence-electron chi connectivity index (χ2n) is 3.22. The molecule has 0 aromatic heterocycles. The minimum Gasteiger partial charge on any atom is -0.330 e. The Balaban J connectivity index is 0. The van der Waals surface area contributed by atoms with E-state index in [1.165, 1.54) is 0 Å². The lowest BCUT2D eigenvalue weighted by Crippen LogP contribution is -2.06. The van der Waals surface area contributed by atoms with Gasteiger partial charge in [0.2, 0.25) is 0 Å². The van der Waals surface area contributed by atoms with Crippen LogP contribution in [0.25, 0.3) is 0 Å². The lowest BCUT2D eigenvalue weighted by atomic mass is 10.0. The highest BCUT2D eigenvalue weighted by atomic mass is 16.1. The molecule has 0 saturated carbocycles. The summed E-state index contributed by atoms with van der Waals surface area (Å²) in [5.74, 6) is 0.579. The number of ketones is 1. The summed E-state index contributed by atoms with van der Waals surface area (Å²) in [6.45, 7) is 4.65. The van der Waals surface area contributed by atoms with Crippen molar-refractivity contribution in [3.63, 3.8) is 0 Å². The van der Waals surface area contributed by atoms with Crippen LogP contribution in [0.4, 0.5) is 0 Å². The summed E-state index contributed by atoms with van der Waals surface area (Å²) in [6.07, 6.45) is 3.88. The van der Waals surface area contributed by atoms with Crippen LogP contribution in [-0.2, 0) is 4.79 Å². The van der Waals surface area contributed by atoms with Gasteiger partial charge in [-0.05, 0) is 19.4 Å². The molecule has 0 saturated heterocycles. The van der Waals surface area contributed by atoms with Gasteiger partial charge in [-0.1, -0.05) is 20.3 Å². The molecule has 0 aromatic rings. The van der Waals surface area contributed by atoms with E-state index in [-0.39, 0.29) is 7.34 Å². The zero-order valence-corrected chi connectivity index (χ0v) is 7.60. The summed E-state index contributed by atoms with van der Waals surface area (Å²) in [7, 11) is 0.